The molecule has 0 atom stereocenters. The van der Waals surface area contributed by atoms with Gasteiger partial charge in [0, 0.05) is 10.9 Å². The molecule has 0 bridgehead atoms. The summed E-state index contributed by atoms with van der Waals surface area (Å²) in [5.41, 5.74) is 2.33. The van der Waals surface area contributed by atoms with Gasteiger partial charge in [0.25, 0.3) is 0 Å². The van der Waals surface area contributed by atoms with Crippen LogP contribution >= 0.6 is 0 Å². The summed E-state index contributed by atoms with van der Waals surface area (Å²) in [7, 11) is 0. The average molecular weight is 215 g/mol. The van der Waals surface area contributed by atoms with Gasteiger partial charge in [-0.3, -0.25) is 0 Å². The van der Waals surface area contributed by atoms with Crippen LogP contribution in [0.15, 0.2) is 24.3 Å². The second-order valence-electron chi connectivity index (χ2n) is 4.79. The van der Waals surface area contributed by atoms with Crippen molar-refractivity contribution in [2.75, 3.05) is 0 Å². The molecule has 1 fully saturated rings. The standard InChI is InChI=1S/C13H13NO2/c1-13(6-7-13)10-8-4-2-3-5-9(8)14-11(10)12(15)16/h2-5,14H,6-7H2,1H3,(H,15,16). The molecule has 0 aliphatic heterocycles. The van der Waals surface area contributed by atoms with Crippen LogP contribution in [0.1, 0.15) is 35.8 Å². The molecule has 1 aromatic carbocycles. The molecule has 0 spiro atoms. The van der Waals surface area contributed by atoms with Crippen LogP contribution < -0.4 is 0 Å². The second kappa shape index (κ2) is 2.88. The van der Waals surface area contributed by atoms with E-state index in [0.717, 1.165) is 29.3 Å². The molecule has 2 aromatic rings. The van der Waals surface area contributed by atoms with Crippen molar-refractivity contribution in [1.82, 2.24) is 4.98 Å². The molecule has 3 nitrogen and oxygen atoms in total. The number of hydrogen-bond donors (Lipinski definition) is 2. The Bertz CT molecular complexity index is 579. The average Bonchev–Trinajstić information content (AvgIpc) is 2.87. The fourth-order valence-corrected chi connectivity index (χ4v) is 2.37. The maximum absolute atomic E-state index is 11.2. The normalized spacial score (nSPS) is 17.6. The summed E-state index contributed by atoms with van der Waals surface area (Å²) in [6.45, 7) is 2.13. The summed E-state index contributed by atoms with van der Waals surface area (Å²) in [5, 5.41) is 10.3. The molecule has 1 heterocycles. The van der Waals surface area contributed by atoms with E-state index in [2.05, 4.69) is 11.9 Å². The maximum Gasteiger partial charge on any atom is 0.352 e. The number of fused-ring (bicyclic) bond motifs is 1. The van der Waals surface area contributed by atoms with E-state index in [4.69, 9.17) is 0 Å². The number of carbonyl (C=O) groups is 1. The van der Waals surface area contributed by atoms with Gasteiger partial charge in [0.1, 0.15) is 5.69 Å². The number of aromatic carboxylic acids is 1. The minimum Gasteiger partial charge on any atom is -0.477 e. The number of benzene rings is 1. The predicted octanol–water partition coefficient (Wildman–Crippen LogP) is 2.92. The molecule has 1 aliphatic carbocycles. The van der Waals surface area contributed by atoms with E-state index in [1.807, 2.05) is 24.3 Å². The van der Waals surface area contributed by atoms with Crippen molar-refractivity contribution in [3.8, 4) is 0 Å². The highest BCUT2D eigenvalue weighted by Gasteiger charge is 2.43. The summed E-state index contributed by atoms with van der Waals surface area (Å²) in [6, 6.07) is 7.80. The zero-order valence-corrected chi connectivity index (χ0v) is 9.08. The third kappa shape index (κ3) is 1.18. The van der Waals surface area contributed by atoms with Crippen LogP contribution in [0.4, 0.5) is 0 Å². The molecule has 0 amide bonds. The molecular weight excluding hydrogens is 202 g/mol. The highest BCUT2D eigenvalue weighted by atomic mass is 16.4. The molecule has 0 radical (unpaired) electrons. The van der Waals surface area contributed by atoms with E-state index in [9.17, 15) is 9.90 Å². The SMILES string of the molecule is CC1(c2c(C(=O)O)[nH]c3ccccc23)CC1. The Hall–Kier alpha value is -1.77. The zero-order chi connectivity index (χ0) is 11.3. The van der Waals surface area contributed by atoms with Crippen LogP contribution in [-0.2, 0) is 5.41 Å². The van der Waals surface area contributed by atoms with Crippen molar-refractivity contribution < 1.29 is 9.90 Å². The molecule has 2 N–H and O–H groups in total. The fourth-order valence-electron chi connectivity index (χ4n) is 2.37. The lowest BCUT2D eigenvalue weighted by atomic mass is 9.95. The van der Waals surface area contributed by atoms with Crippen LogP contribution in [0.25, 0.3) is 10.9 Å². The van der Waals surface area contributed by atoms with Gasteiger partial charge < -0.3 is 10.1 Å². The Morgan fingerprint density at radius 2 is 2.06 bits per heavy atom. The highest BCUT2D eigenvalue weighted by Crippen LogP contribution is 2.51. The van der Waals surface area contributed by atoms with Crippen molar-refractivity contribution in [3.05, 3.63) is 35.5 Å². The van der Waals surface area contributed by atoms with Gasteiger partial charge in [-0.2, -0.15) is 0 Å². The van der Waals surface area contributed by atoms with E-state index < -0.39 is 5.97 Å². The van der Waals surface area contributed by atoms with Crippen molar-refractivity contribution in [1.29, 1.82) is 0 Å². The molecule has 3 heteroatoms. The summed E-state index contributed by atoms with van der Waals surface area (Å²) in [5.74, 6) is -0.862. The van der Waals surface area contributed by atoms with Gasteiger partial charge in [-0.25, -0.2) is 4.79 Å². The minimum atomic E-state index is -0.862. The Labute approximate surface area is 93.1 Å². The number of H-pyrrole nitrogens is 1. The summed E-state index contributed by atoms with van der Waals surface area (Å²) in [4.78, 5) is 14.2. The number of aromatic amines is 1. The van der Waals surface area contributed by atoms with Crippen LogP contribution in [-0.4, -0.2) is 16.1 Å². The molecule has 1 aromatic heterocycles. The lowest BCUT2D eigenvalue weighted by Crippen LogP contribution is -2.08. The summed E-state index contributed by atoms with van der Waals surface area (Å²) >= 11 is 0. The van der Waals surface area contributed by atoms with Crippen LogP contribution in [0.3, 0.4) is 0 Å². The van der Waals surface area contributed by atoms with E-state index in [0.29, 0.717) is 5.69 Å². The highest BCUT2D eigenvalue weighted by molar-refractivity contribution is 5.98. The van der Waals surface area contributed by atoms with E-state index >= 15 is 0 Å². The zero-order valence-electron chi connectivity index (χ0n) is 9.08. The number of hydrogen-bond acceptors (Lipinski definition) is 1. The number of nitrogens with one attached hydrogen (secondary N) is 1. The second-order valence-corrected chi connectivity index (χ2v) is 4.79. The van der Waals surface area contributed by atoms with Gasteiger partial charge in [0.2, 0.25) is 0 Å². The van der Waals surface area contributed by atoms with Crippen LogP contribution in [0.5, 0.6) is 0 Å². The smallest absolute Gasteiger partial charge is 0.352 e. The van der Waals surface area contributed by atoms with Gasteiger partial charge in [-0.1, -0.05) is 25.1 Å². The first-order valence-electron chi connectivity index (χ1n) is 5.46. The van der Waals surface area contributed by atoms with Gasteiger partial charge in [0.15, 0.2) is 0 Å². The Morgan fingerprint density at radius 1 is 1.38 bits per heavy atom. The van der Waals surface area contributed by atoms with Gasteiger partial charge in [-0.15, -0.1) is 0 Å². The van der Waals surface area contributed by atoms with Gasteiger partial charge >= 0.3 is 5.97 Å². The lowest BCUT2D eigenvalue weighted by molar-refractivity contribution is 0.0689. The van der Waals surface area contributed by atoms with Crippen LogP contribution in [0, 0.1) is 0 Å². The number of carboxylic acids is 1. The lowest BCUT2D eigenvalue weighted by Gasteiger charge is -2.08. The number of carboxylic acid groups (broad SMARTS) is 1. The molecule has 0 saturated heterocycles. The monoisotopic (exact) mass is 215 g/mol. The van der Waals surface area contributed by atoms with E-state index in [1.165, 1.54) is 0 Å². The first-order chi connectivity index (χ1) is 7.62. The van der Waals surface area contributed by atoms with Crippen molar-refractivity contribution in [2.45, 2.75) is 25.2 Å². The Balaban J connectivity index is 2.36. The largest absolute Gasteiger partial charge is 0.477 e. The Kier molecular flexibility index (Phi) is 1.70. The van der Waals surface area contributed by atoms with Gasteiger partial charge in [0.05, 0.1) is 0 Å². The molecule has 0 unspecified atom stereocenters. The number of rotatable bonds is 2. The number of para-hydroxylation sites is 1. The molecule has 1 saturated carbocycles. The minimum absolute atomic E-state index is 0.0628. The summed E-state index contributed by atoms with van der Waals surface area (Å²) < 4.78 is 0. The quantitative estimate of drug-likeness (QED) is 0.809. The third-order valence-electron chi connectivity index (χ3n) is 3.52. The number of aromatic nitrogens is 1. The first-order valence-corrected chi connectivity index (χ1v) is 5.46. The summed E-state index contributed by atoms with van der Waals surface area (Å²) in [6.07, 6.45) is 2.16. The molecule has 3 rings (SSSR count). The Morgan fingerprint density at radius 3 is 2.69 bits per heavy atom. The van der Waals surface area contributed by atoms with Crippen LogP contribution in [0.2, 0.25) is 0 Å². The third-order valence-corrected chi connectivity index (χ3v) is 3.52. The molecular formula is C13H13NO2. The van der Waals surface area contributed by atoms with Crippen molar-refractivity contribution >= 4 is 16.9 Å². The van der Waals surface area contributed by atoms with E-state index in [1.54, 1.807) is 0 Å². The predicted molar refractivity (Wildman–Crippen MR) is 61.8 cm³/mol. The van der Waals surface area contributed by atoms with E-state index in [-0.39, 0.29) is 5.41 Å². The maximum atomic E-state index is 11.2. The molecule has 1 aliphatic rings. The van der Waals surface area contributed by atoms with Crippen molar-refractivity contribution in [3.63, 3.8) is 0 Å². The molecule has 82 valence electrons. The fraction of sp³-hybridized carbons (Fsp3) is 0.308. The first kappa shape index (κ1) is 9.46. The topological polar surface area (TPSA) is 53.1 Å². The van der Waals surface area contributed by atoms with Gasteiger partial charge in [-0.05, 0) is 29.9 Å². The molecule has 16 heavy (non-hydrogen) atoms. The van der Waals surface area contributed by atoms with Crippen molar-refractivity contribution in [2.24, 2.45) is 0 Å².